The van der Waals surface area contributed by atoms with Gasteiger partial charge in [-0.25, -0.2) is 0 Å². The van der Waals surface area contributed by atoms with Crippen molar-refractivity contribution in [2.45, 2.75) is 6.92 Å². The van der Waals surface area contributed by atoms with E-state index in [0.29, 0.717) is 6.61 Å². The van der Waals surface area contributed by atoms with Gasteiger partial charge in [-0.15, -0.1) is 0 Å². The van der Waals surface area contributed by atoms with Gasteiger partial charge in [0.25, 0.3) is 0 Å². The van der Waals surface area contributed by atoms with Gasteiger partial charge in [0.15, 0.2) is 0 Å². The Morgan fingerprint density at radius 1 is 1.29 bits per heavy atom. The van der Waals surface area contributed by atoms with Gasteiger partial charge >= 0.3 is 0 Å². The molecule has 72 valence electrons. The summed E-state index contributed by atoms with van der Waals surface area (Å²) < 4.78 is 5.35. The first-order chi connectivity index (χ1) is 6.79. The summed E-state index contributed by atoms with van der Waals surface area (Å²) in [7, 11) is 0. The summed E-state index contributed by atoms with van der Waals surface area (Å²) in [5.41, 5.74) is -0.0818. The van der Waals surface area contributed by atoms with Crippen LogP contribution in [0.1, 0.15) is 6.92 Å². The molecule has 0 atom stereocenters. The Balaban J connectivity index is 2.56. The van der Waals surface area contributed by atoms with Crippen LogP contribution in [0.4, 0.5) is 0 Å². The van der Waals surface area contributed by atoms with E-state index in [9.17, 15) is 4.79 Å². The summed E-state index contributed by atoms with van der Waals surface area (Å²) in [5.74, 6) is 0.826. The third-order valence-electron chi connectivity index (χ3n) is 2.03. The molecular formula is C11H11NO2. The number of ether oxygens (including phenoxy) is 1. The Kier molecular flexibility index (Phi) is 2.23. The van der Waals surface area contributed by atoms with Crippen LogP contribution in [0.5, 0.6) is 5.75 Å². The van der Waals surface area contributed by atoms with Crippen LogP contribution in [0.25, 0.3) is 10.8 Å². The molecule has 0 bridgehead atoms. The van der Waals surface area contributed by atoms with Crippen LogP contribution >= 0.6 is 0 Å². The minimum atomic E-state index is -0.0818. The summed E-state index contributed by atoms with van der Waals surface area (Å²) in [6, 6.07) is 7.24. The molecule has 2 rings (SSSR count). The first-order valence-corrected chi connectivity index (χ1v) is 4.55. The highest BCUT2D eigenvalue weighted by Crippen LogP contribution is 2.18. The van der Waals surface area contributed by atoms with Crippen molar-refractivity contribution in [3.63, 3.8) is 0 Å². The molecule has 0 aliphatic heterocycles. The normalized spacial score (nSPS) is 10.4. The highest BCUT2D eigenvalue weighted by Gasteiger charge is 1.96. The molecule has 1 heterocycles. The van der Waals surface area contributed by atoms with E-state index < -0.39 is 0 Å². The van der Waals surface area contributed by atoms with E-state index in [2.05, 4.69) is 4.98 Å². The van der Waals surface area contributed by atoms with E-state index in [0.717, 1.165) is 16.5 Å². The van der Waals surface area contributed by atoms with Crippen molar-refractivity contribution in [3.05, 3.63) is 40.8 Å². The highest BCUT2D eigenvalue weighted by molar-refractivity contribution is 5.82. The zero-order valence-electron chi connectivity index (χ0n) is 7.91. The predicted molar refractivity (Wildman–Crippen MR) is 55.7 cm³/mol. The second-order valence-corrected chi connectivity index (χ2v) is 3.02. The maximum Gasteiger partial charge on any atom is 0.248 e. The third-order valence-corrected chi connectivity index (χ3v) is 2.03. The van der Waals surface area contributed by atoms with Gasteiger partial charge < -0.3 is 9.72 Å². The maximum atomic E-state index is 11.0. The molecule has 0 radical (unpaired) electrons. The van der Waals surface area contributed by atoms with Crippen molar-refractivity contribution in [3.8, 4) is 5.75 Å². The summed E-state index contributed by atoms with van der Waals surface area (Å²) in [6.07, 6.45) is 1.69. The molecule has 3 nitrogen and oxygen atoms in total. The topological polar surface area (TPSA) is 42.1 Å². The van der Waals surface area contributed by atoms with E-state index >= 15 is 0 Å². The summed E-state index contributed by atoms with van der Waals surface area (Å²) in [4.78, 5) is 13.6. The number of pyridine rings is 1. The molecule has 1 N–H and O–H groups in total. The number of hydrogen-bond acceptors (Lipinski definition) is 2. The molecule has 0 unspecified atom stereocenters. The standard InChI is InChI=1S/C11H11NO2/c1-2-14-10-4-3-8-6-11(13)12-7-9(8)5-10/h3-7H,2H2,1H3,(H,12,13). The fraction of sp³-hybridized carbons (Fsp3) is 0.182. The molecular weight excluding hydrogens is 178 g/mol. The molecule has 0 spiro atoms. The smallest absolute Gasteiger partial charge is 0.248 e. The quantitative estimate of drug-likeness (QED) is 0.784. The van der Waals surface area contributed by atoms with Gasteiger partial charge in [0.05, 0.1) is 6.61 Å². The number of rotatable bonds is 2. The van der Waals surface area contributed by atoms with Crippen molar-refractivity contribution in [1.29, 1.82) is 0 Å². The van der Waals surface area contributed by atoms with E-state index in [1.54, 1.807) is 12.3 Å². The summed E-state index contributed by atoms with van der Waals surface area (Å²) >= 11 is 0. The largest absolute Gasteiger partial charge is 0.494 e. The number of fused-ring (bicyclic) bond motifs is 1. The lowest BCUT2D eigenvalue weighted by Gasteiger charge is -2.03. The van der Waals surface area contributed by atoms with Crippen molar-refractivity contribution < 1.29 is 4.74 Å². The van der Waals surface area contributed by atoms with Crippen molar-refractivity contribution in [2.75, 3.05) is 6.61 Å². The Hall–Kier alpha value is -1.77. The van der Waals surface area contributed by atoms with E-state index in [1.165, 1.54) is 0 Å². The molecule has 1 aromatic heterocycles. The predicted octanol–water partition coefficient (Wildman–Crippen LogP) is 1.93. The second kappa shape index (κ2) is 3.54. The van der Waals surface area contributed by atoms with Crippen LogP contribution < -0.4 is 10.3 Å². The molecule has 0 amide bonds. The lowest BCUT2D eigenvalue weighted by Crippen LogP contribution is -2.01. The number of aromatic amines is 1. The Bertz CT molecular complexity index is 502. The average Bonchev–Trinajstić information content (AvgIpc) is 2.19. The molecule has 3 heteroatoms. The minimum absolute atomic E-state index is 0.0818. The van der Waals surface area contributed by atoms with E-state index in [1.807, 2.05) is 25.1 Å². The zero-order chi connectivity index (χ0) is 9.97. The van der Waals surface area contributed by atoms with Gasteiger partial charge in [0, 0.05) is 17.6 Å². The number of H-pyrrole nitrogens is 1. The minimum Gasteiger partial charge on any atom is -0.494 e. The van der Waals surface area contributed by atoms with Crippen LogP contribution in [0.3, 0.4) is 0 Å². The number of benzene rings is 1. The molecule has 0 aliphatic carbocycles. The first kappa shape index (κ1) is 8.81. The molecule has 0 fully saturated rings. The van der Waals surface area contributed by atoms with Gasteiger partial charge in [-0.1, -0.05) is 6.07 Å². The summed E-state index contributed by atoms with van der Waals surface area (Å²) in [6.45, 7) is 2.59. The second-order valence-electron chi connectivity index (χ2n) is 3.02. The first-order valence-electron chi connectivity index (χ1n) is 4.55. The SMILES string of the molecule is CCOc1ccc2cc(=O)[nH]cc2c1. The fourth-order valence-corrected chi connectivity index (χ4v) is 1.40. The lowest BCUT2D eigenvalue weighted by atomic mass is 10.2. The van der Waals surface area contributed by atoms with E-state index in [4.69, 9.17) is 4.74 Å². The van der Waals surface area contributed by atoms with E-state index in [-0.39, 0.29) is 5.56 Å². The maximum absolute atomic E-state index is 11.0. The van der Waals surface area contributed by atoms with Gasteiger partial charge in [0.2, 0.25) is 5.56 Å². The average molecular weight is 189 g/mol. The number of aromatic nitrogens is 1. The molecule has 1 aromatic carbocycles. The lowest BCUT2D eigenvalue weighted by molar-refractivity contribution is 0.340. The Morgan fingerprint density at radius 2 is 2.14 bits per heavy atom. The monoisotopic (exact) mass is 189 g/mol. The van der Waals surface area contributed by atoms with Crippen LogP contribution in [0, 0.1) is 0 Å². The van der Waals surface area contributed by atoms with Gasteiger partial charge in [-0.2, -0.15) is 0 Å². The Labute approximate surface area is 81.3 Å². The number of nitrogens with one attached hydrogen (secondary N) is 1. The van der Waals surface area contributed by atoms with Gasteiger partial charge in [-0.05, 0) is 24.4 Å². The van der Waals surface area contributed by atoms with Crippen molar-refractivity contribution in [2.24, 2.45) is 0 Å². The third kappa shape index (κ3) is 1.62. The molecule has 2 aromatic rings. The fourth-order valence-electron chi connectivity index (χ4n) is 1.40. The van der Waals surface area contributed by atoms with Crippen LogP contribution in [-0.4, -0.2) is 11.6 Å². The summed E-state index contributed by atoms with van der Waals surface area (Å²) in [5, 5.41) is 1.91. The Morgan fingerprint density at radius 3 is 2.93 bits per heavy atom. The van der Waals surface area contributed by atoms with Crippen molar-refractivity contribution >= 4 is 10.8 Å². The molecule has 0 aliphatic rings. The van der Waals surface area contributed by atoms with Crippen molar-refractivity contribution in [1.82, 2.24) is 4.98 Å². The van der Waals surface area contributed by atoms with Gasteiger partial charge in [-0.3, -0.25) is 4.79 Å². The molecule has 0 saturated heterocycles. The number of hydrogen-bond donors (Lipinski definition) is 1. The molecule has 0 saturated carbocycles. The van der Waals surface area contributed by atoms with Crippen LogP contribution in [0.2, 0.25) is 0 Å². The molecule has 14 heavy (non-hydrogen) atoms. The van der Waals surface area contributed by atoms with Gasteiger partial charge in [0.1, 0.15) is 5.75 Å². The highest BCUT2D eigenvalue weighted by atomic mass is 16.5. The van der Waals surface area contributed by atoms with Crippen LogP contribution in [0.15, 0.2) is 35.3 Å². The zero-order valence-corrected chi connectivity index (χ0v) is 7.91. The van der Waals surface area contributed by atoms with Crippen LogP contribution in [-0.2, 0) is 0 Å².